The first kappa shape index (κ1) is 66.8. The lowest BCUT2D eigenvalue weighted by atomic mass is 9.96. The van der Waals surface area contributed by atoms with E-state index in [9.17, 15) is 61.0 Å². The molecule has 19 heteroatoms. The summed E-state index contributed by atoms with van der Waals surface area (Å²) in [7, 11) is 0. The summed E-state index contributed by atoms with van der Waals surface area (Å²) in [6.45, 7) is 1.59. The molecule has 0 bridgehead atoms. The number of unbranched alkanes of at least 4 members (excludes halogenated alkanes) is 13. The zero-order chi connectivity index (χ0) is 54.8. The van der Waals surface area contributed by atoms with Gasteiger partial charge < -0.3 is 89.9 Å². The first-order valence-electron chi connectivity index (χ1n) is 28.0. The van der Waals surface area contributed by atoms with Gasteiger partial charge in [0.1, 0.15) is 73.2 Å². The molecule has 0 spiro atoms. The number of carbonyl (C=O) groups is 1. The molecule has 0 aromatic heterocycles. The summed E-state index contributed by atoms with van der Waals surface area (Å²) in [5.41, 5.74) is 0. The average molecular weight is 1070 g/mol. The molecule has 0 radical (unpaired) electrons. The van der Waals surface area contributed by atoms with Gasteiger partial charge in [-0.3, -0.25) is 4.79 Å². The van der Waals surface area contributed by atoms with Crippen LogP contribution in [0.4, 0.5) is 0 Å². The van der Waals surface area contributed by atoms with E-state index in [1.165, 1.54) is 32.1 Å². The molecular formula is C56H97NO18. The summed E-state index contributed by atoms with van der Waals surface area (Å²) < 4.78 is 34.2. The lowest BCUT2D eigenvalue weighted by Crippen LogP contribution is -2.66. The number of allylic oxidation sites excluding steroid dienone is 10. The normalized spacial score (nSPS) is 31.7. The van der Waals surface area contributed by atoms with Crippen molar-refractivity contribution in [3.8, 4) is 0 Å². The Morgan fingerprint density at radius 2 is 0.920 bits per heavy atom. The average Bonchev–Trinajstić information content (AvgIpc) is 3.41. The Bertz CT molecular complexity index is 1610. The molecule has 17 atom stereocenters. The van der Waals surface area contributed by atoms with E-state index in [2.05, 4.69) is 79.9 Å². The van der Waals surface area contributed by atoms with E-state index in [0.717, 1.165) is 89.9 Å². The number of hydrogen-bond donors (Lipinski definition) is 12. The summed E-state index contributed by atoms with van der Waals surface area (Å²) in [5.74, 6) is -0.268. The number of nitrogens with one attached hydrogen (secondary N) is 1. The van der Waals surface area contributed by atoms with Gasteiger partial charge in [-0.25, -0.2) is 0 Å². The van der Waals surface area contributed by atoms with Crippen LogP contribution < -0.4 is 5.32 Å². The lowest BCUT2D eigenvalue weighted by Gasteiger charge is -2.48. The number of hydrogen-bond acceptors (Lipinski definition) is 18. The van der Waals surface area contributed by atoms with Crippen molar-refractivity contribution >= 4 is 5.91 Å². The molecule has 3 aliphatic rings. The summed E-state index contributed by atoms with van der Waals surface area (Å²) in [6, 6.07) is -0.898. The van der Waals surface area contributed by atoms with E-state index in [4.69, 9.17) is 28.4 Å². The Balaban J connectivity index is 1.49. The third kappa shape index (κ3) is 24.6. The molecule has 3 rings (SSSR count). The SMILES string of the molecule is CC/C=C\C/C=C\C/C=C\C/C=C\C/C=C\CCCCCCCC(=O)NC(COC1OC(CO)C(OC2OC(CO)C(OC3OC(CO)C(O)C(O)C3O)C(O)C2O)C(O)C1O)C(O)CCCCCCCCCCC. The van der Waals surface area contributed by atoms with E-state index in [-0.39, 0.29) is 18.9 Å². The van der Waals surface area contributed by atoms with Crippen molar-refractivity contribution in [2.45, 2.75) is 259 Å². The predicted molar refractivity (Wildman–Crippen MR) is 282 cm³/mol. The highest BCUT2D eigenvalue weighted by Gasteiger charge is 2.53. The maximum absolute atomic E-state index is 13.3. The van der Waals surface area contributed by atoms with E-state index >= 15 is 0 Å². The number of ether oxygens (including phenoxy) is 6. The minimum atomic E-state index is -1.97. The molecule has 3 aliphatic heterocycles. The minimum absolute atomic E-state index is 0.241. The summed E-state index contributed by atoms with van der Waals surface area (Å²) in [5, 5.41) is 120. The van der Waals surface area contributed by atoms with E-state index in [1.54, 1.807) is 0 Å². The van der Waals surface area contributed by atoms with E-state index in [0.29, 0.717) is 12.8 Å². The third-order valence-corrected chi connectivity index (χ3v) is 13.9. The number of carbonyl (C=O) groups excluding carboxylic acids is 1. The third-order valence-electron chi connectivity index (χ3n) is 13.9. The highest BCUT2D eigenvalue weighted by atomic mass is 16.8. The molecule has 3 saturated heterocycles. The first-order valence-corrected chi connectivity index (χ1v) is 28.0. The van der Waals surface area contributed by atoms with Crippen LogP contribution in [0.5, 0.6) is 0 Å². The fourth-order valence-corrected chi connectivity index (χ4v) is 9.22. The number of aliphatic hydroxyl groups is 11. The van der Waals surface area contributed by atoms with Crippen molar-refractivity contribution in [2.75, 3.05) is 26.4 Å². The van der Waals surface area contributed by atoms with Crippen LogP contribution in [-0.4, -0.2) is 193 Å². The Hall–Kier alpha value is -2.51. The molecule has 0 saturated carbocycles. The Labute approximate surface area is 445 Å². The summed E-state index contributed by atoms with van der Waals surface area (Å²) in [6.07, 6.45) is 16.1. The van der Waals surface area contributed by atoms with Crippen molar-refractivity contribution in [2.24, 2.45) is 0 Å². The largest absolute Gasteiger partial charge is 0.394 e. The Morgan fingerprint density at radius 1 is 0.493 bits per heavy atom. The van der Waals surface area contributed by atoms with Gasteiger partial charge in [0.05, 0.1) is 38.6 Å². The van der Waals surface area contributed by atoms with E-state index < -0.39 is 124 Å². The topological polar surface area (TPSA) is 307 Å². The van der Waals surface area contributed by atoms with Gasteiger partial charge in [0.15, 0.2) is 18.9 Å². The van der Waals surface area contributed by atoms with Gasteiger partial charge in [0, 0.05) is 6.42 Å². The van der Waals surface area contributed by atoms with Gasteiger partial charge in [-0.15, -0.1) is 0 Å². The van der Waals surface area contributed by atoms with Crippen molar-refractivity contribution in [3.05, 3.63) is 60.8 Å². The smallest absolute Gasteiger partial charge is 0.220 e. The summed E-state index contributed by atoms with van der Waals surface area (Å²) >= 11 is 0. The zero-order valence-corrected chi connectivity index (χ0v) is 44.8. The molecule has 75 heavy (non-hydrogen) atoms. The fraction of sp³-hybridized carbons (Fsp3) is 0.804. The van der Waals surface area contributed by atoms with Gasteiger partial charge in [-0.1, -0.05) is 152 Å². The molecule has 434 valence electrons. The molecule has 3 fully saturated rings. The van der Waals surface area contributed by atoms with Gasteiger partial charge in [-0.05, 0) is 57.8 Å². The zero-order valence-electron chi connectivity index (χ0n) is 44.8. The predicted octanol–water partition coefficient (Wildman–Crippen LogP) is 3.70. The second kappa shape index (κ2) is 39.8. The van der Waals surface area contributed by atoms with Crippen LogP contribution in [0, 0.1) is 0 Å². The quantitative estimate of drug-likeness (QED) is 0.0309. The van der Waals surface area contributed by atoms with Crippen LogP contribution in [0.1, 0.15) is 155 Å². The summed E-state index contributed by atoms with van der Waals surface area (Å²) in [4.78, 5) is 13.3. The first-order chi connectivity index (χ1) is 36.3. The molecule has 3 heterocycles. The van der Waals surface area contributed by atoms with Crippen LogP contribution in [0.2, 0.25) is 0 Å². The fourth-order valence-electron chi connectivity index (χ4n) is 9.22. The van der Waals surface area contributed by atoms with Crippen molar-refractivity contribution in [3.63, 3.8) is 0 Å². The molecule has 0 aromatic rings. The highest BCUT2D eigenvalue weighted by Crippen LogP contribution is 2.33. The maximum atomic E-state index is 13.3. The van der Waals surface area contributed by atoms with Crippen LogP contribution in [0.25, 0.3) is 0 Å². The van der Waals surface area contributed by atoms with Gasteiger partial charge >= 0.3 is 0 Å². The van der Waals surface area contributed by atoms with Crippen LogP contribution in [0.3, 0.4) is 0 Å². The van der Waals surface area contributed by atoms with Crippen molar-refractivity contribution in [1.29, 1.82) is 0 Å². The molecule has 0 aliphatic carbocycles. The molecule has 12 N–H and O–H groups in total. The van der Waals surface area contributed by atoms with Crippen LogP contribution >= 0.6 is 0 Å². The Kier molecular flexibility index (Phi) is 35.4. The molecular weight excluding hydrogens is 975 g/mol. The second-order valence-corrected chi connectivity index (χ2v) is 20.0. The Morgan fingerprint density at radius 3 is 1.44 bits per heavy atom. The lowest BCUT2D eigenvalue weighted by molar-refractivity contribution is -0.379. The van der Waals surface area contributed by atoms with Crippen molar-refractivity contribution < 1.29 is 89.4 Å². The second-order valence-electron chi connectivity index (χ2n) is 20.0. The molecule has 0 aromatic carbocycles. The van der Waals surface area contributed by atoms with Crippen LogP contribution in [0.15, 0.2) is 60.8 Å². The minimum Gasteiger partial charge on any atom is -0.394 e. The standard InChI is InChI=1S/C56H97NO18/c1-3-5-7-9-11-13-14-15-16-17-18-19-20-21-22-23-24-26-28-30-32-34-44(62)57-39(40(61)33-31-29-27-25-12-10-8-6-4-2)38-70-54-50(68)47(65)52(42(36-59)72-54)75-56-51(69)48(66)53(43(37-60)73-56)74-55-49(67)46(64)45(63)41(35-58)71-55/h5,7,11,13,15-16,18-19,21-22,39-43,45-56,58-61,63-69H,3-4,6,8-10,12,14,17,20,23-38H2,1-2H3,(H,57,62)/b7-5-,13-11-,16-15-,19-18-,22-21-. The van der Waals surface area contributed by atoms with Crippen molar-refractivity contribution in [1.82, 2.24) is 5.32 Å². The van der Waals surface area contributed by atoms with Gasteiger partial charge in [0.25, 0.3) is 0 Å². The monoisotopic (exact) mass is 1070 g/mol. The maximum Gasteiger partial charge on any atom is 0.220 e. The van der Waals surface area contributed by atoms with Gasteiger partial charge in [-0.2, -0.15) is 0 Å². The number of amides is 1. The molecule has 17 unspecified atom stereocenters. The van der Waals surface area contributed by atoms with Crippen LogP contribution in [-0.2, 0) is 33.2 Å². The highest BCUT2D eigenvalue weighted by molar-refractivity contribution is 5.76. The van der Waals surface area contributed by atoms with E-state index in [1.807, 2.05) is 0 Å². The molecule has 19 nitrogen and oxygen atoms in total. The van der Waals surface area contributed by atoms with Gasteiger partial charge in [0.2, 0.25) is 5.91 Å². The molecule has 1 amide bonds. The number of aliphatic hydroxyl groups excluding tert-OH is 11. The number of rotatable bonds is 39.